The summed E-state index contributed by atoms with van der Waals surface area (Å²) in [6.45, 7) is 8.86. The van der Waals surface area contributed by atoms with E-state index in [1.807, 2.05) is 57.2 Å². The van der Waals surface area contributed by atoms with Crippen LogP contribution in [0, 0.1) is 6.92 Å². The molecule has 5 nitrogen and oxygen atoms in total. The van der Waals surface area contributed by atoms with Crippen LogP contribution in [-0.4, -0.2) is 27.2 Å². The third-order valence-electron chi connectivity index (χ3n) is 5.87. The molecule has 1 unspecified atom stereocenters. The molecule has 1 aliphatic heterocycles. The van der Waals surface area contributed by atoms with Crippen molar-refractivity contribution in [2.24, 2.45) is 0 Å². The zero-order valence-corrected chi connectivity index (χ0v) is 21.4. The molecule has 0 fully saturated rings. The molecule has 34 heavy (non-hydrogen) atoms. The van der Waals surface area contributed by atoms with E-state index < -0.39 is 17.1 Å². The highest BCUT2D eigenvalue weighted by atomic mass is 35.5. The summed E-state index contributed by atoms with van der Waals surface area (Å²) >= 11 is 12.7. The summed E-state index contributed by atoms with van der Waals surface area (Å²) in [5, 5.41) is 14.2. The lowest BCUT2D eigenvalue weighted by atomic mass is 9.88. The molecule has 4 rings (SSSR count). The van der Waals surface area contributed by atoms with E-state index in [1.54, 1.807) is 12.1 Å². The average molecular weight is 499 g/mol. The van der Waals surface area contributed by atoms with Gasteiger partial charge in [-0.1, -0.05) is 53.0 Å². The number of halogens is 2. The Morgan fingerprint density at radius 2 is 1.79 bits per heavy atom. The number of aryl methyl sites for hydroxylation is 1. The SMILES string of the molecule is Cc1ccc(-c2cc3c(nc2-c2ccc(Cl)cc2Cl)OC(C)(C)CC3NC(=O)C(C)(C)O)cc1. The monoisotopic (exact) mass is 498 g/mol. The summed E-state index contributed by atoms with van der Waals surface area (Å²) < 4.78 is 6.26. The van der Waals surface area contributed by atoms with Gasteiger partial charge in [0.25, 0.3) is 5.91 Å². The van der Waals surface area contributed by atoms with Crippen molar-refractivity contribution in [3.63, 3.8) is 0 Å². The highest BCUT2D eigenvalue weighted by Gasteiger charge is 2.38. The molecule has 0 spiro atoms. The van der Waals surface area contributed by atoms with Crippen LogP contribution in [0.15, 0.2) is 48.5 Å². The van der Waals surface area contributed by atoms with Crippen molar-refractivity contribution in [2.45, 2.75) is 58.3 Å². The predicted molar refractivity (Wildman–Crippen MR) is 136 cm³/mol. The molecule has 2 heterocycles. The Bertz CT molecular complexity index is 1250. The summed E-state index contributed by atoms with van der Waals surface area (Å²) in [4.78, 5) is 17.6. The van der Waals surface area contributed by atoms with Gasteiger partial charge in [-0.15, -0.1) is 0 Å². The fourth-order valence-corrected chi connectivity index (χ4v) is 4.55. The minimum Gasteiger partial charge on any atom is -0.471 e. The molecule has 2 aromatic carbocycles. The number of nitrogens with zero attached hydrogens (tertiary/aromatic N) is 1. The first-order valence-electron chi connectivity index (χ1n) is 11.1. The van der Waals surface area contributed by atoms with Crippen LogP contribution in [0.5, 0.6) is 5.88 Å². The van der Waals surface area contributed by atoms with Crippen LogP contribution < -0.4 is 10.1 Å². The number of aromatic nitrogens is 1. The van der Waals surface area contributed by atoms with Gasteiger partial charge in [-0.05, 0) is 64.4 Å². The molecule has 0 bridgehead atoms. The number of aliphatic hydroxyl groups is 1. The molecule has 1 amide bonds. The standard InChI is InChI=1S/C27H28Cl2N2O3/c1-15-6-8-16(9-7-15)19-13-20-22(30-25(32)27(4,5)33)14-26(2,3)34-24(20)31-23(19)18-11-10-17(28)12-21(18)29/h6-13,22,33H,14H2,1-5H3,(H,30,32). The minimum atomic E-state index is -1.51. The second kappa shape index (κ2) is 8.88. The van der Waals surface area contributed by atoms with Crippen LogP contribution in [-0.2, 0) is 4.79 Å². The Balaban J connectivity index is 1.93. The largest absolute Gasteiger partial charge is 0.471 e. The van der Waals surface area contributed by atoms with Crippen molar-refractivity contribution in [1.82, 2.24) is 10.3 Å². The summed E-state index contributed by atoms with van der Waals surface area (Å²) in [6.07, 6.45) is 0.526. The number of pyridine rings is 1. The molecule has 0 saturated carbocycles. The molecular weight excluding hydrogens is 471 g/mol. The number of nitrogens with one attached hydrogen (secondary N) is 1. The molecule has 1 aliphatic rings. The number of benzene rings is 2. The van der Waals surface area contributed by atoms with Crippen molar-refractivity contribution < 1.29 is 14.6 Å². The first kappa shape index (κ1) is 24.5. The van der Waals surface area contributed by atoms with Crippen LogP contribution in [0.1, 0.15) is 51.3 Å². The van der Waals surface area contributed by atoms with Crippen LogP contribution >= 0.6 is 23.2 Å². The van der Waals surface area contributed by atoms with E-state index in [9.17, 15) is 9.90 Å². The van der Waals surface area contributed by atoms with Gasteiger partial charge in [-0.2, -0.15) is 0 Å². The third-order valence-corrected chi connectivity index (χ3v) is 6.42. The van der Waals surface area contributed by atoms with E-state index in [-0.39, 0.29) is 6.04 Å². The van der Waals surface area contributed by atoms with Crippen molar-refractivity contribution in [3.8, 4) is 28.3 Å². The Kier molecular flexibility index (Phi) is 6.40. The van der Waals surface area contributed by atoms with Gasteiger partial charge < -0.3 is 15.2 Å². The number of fused-ring (bicyclic) bond motifs is 1. The number of carbonyl (C=O) groups excluding carboxylic acids is 1. The Labute approximate surface area is 210 Å². The normalized spacial score (nSPS) is 17.0. The fourth-order valence-electron chi connectivity index (χ4n) is 4.05. The quantitative estimate of drug-likeness (QED) is 0.429. The summed E-state index contributed by atoms with van der Waals surface area (Å²) in [6, 6.07) is 15.1. The second-order valence-corrected chi connectivity index (χ2v) is 10.8. The van der Waals surface area contributed by atoms with Crippen LogP contribution in [0.3, 0.4) is 0 Å². The van der Waals surface area contributed by atoms with Crippen molar-refractivity contribution in [3.05, 3.63) is 69.7 Å². The highest BCUT2D eigenvalue weighted by Crippen LogP contribution is 2.44. The van der Waals surface area contributed by atoms with Gasteiger partial charge in [0.05, 0.1) is 16.8 Å². The zero-order valence-electron chi connectivity index (χ0n) is 19.9. The first-order chi connectivity index (χ1) is 15.8. The maximum atomic E-state index is 12.7. The maximum absolute atomic E-state index is 12.7. The Hall–Kier alpha value is -2.60. The zero-order chi connectivity index (χ0) is 24.8. The topological polar surface area (TPSA) is 71.5 Å². The number of ether oxygens (including phenoxy) is 1. The molecule has 7 heteroatoms. The number of hydrogen-bond acceptors (Lipinski definition) is 4. The lowest BCUT2D eigenvalue weighted by Crippen LogP contribution is -2.47. The van der Waals surface area contributed by atoms with Gasteiger partial charge in [0, 0.05) is 28.1 Å². The summed E-state index contributed by atoms with van der Waals surface area (Å²) in [7, 11) is 0. The minimum absolute atomic E-state index is 0.385. The van der Waals surface area contributed by atoms with Crippen molar-refractivity contribution in [2.75, 3.05) is 0 Å². The number of rotatable bonds is 4. The molecule has 0 aliphatic carbocycles. The molecule has 0 saturated heterocycles. The second-order valence-electron chi connectivity index (χ2n) is 9.92. The van der Waals surface area contributed by atoms with E-state index >= 15 is 0 Å². The lowest BCUT2D eigenvalue weighted by molar-refractivity contribution is -0.137. The molecule has 0 radical (unpaired) electrons. The third kappa shape index (κ3) is 5.07. The number of carbonyl (C=O) groups is 1. The lowest BCUT2D eigenvalue weighted by Gasteiger charge is -2.38. The van der Waals surface area contributed by atoms with Gasteiger partial charge in [0.15, 0.2) is 0 Å². The van der Waals surface area contributed by atoms with Gasteiger partial charge in [0.1, 0.15) is 11.2 Å². The van der Waals surface area contributed by atoms with E-state index in [1.165, 1.54) is 13.8 Å². The number of amides is 1. The number of hydrogen-bond donors (Lipinski definition) is 2. The van der Waals surface area contributed by atoms with E-state index in [0.717, 1.165) is 27.8 Å². The Morgan fingerprint density at radius 1 is 1.12 bits per heavy atom. The van der Waals surface area contributed by atoms with Gasteiger partial charge in [0.2, 0.25) is 5.88 Å². The van der Waals surface area contributed by atoms with Gasteiger partial charge >= 0.3 is 0 Å². The average Bonchev–Trinajstić information content (AvgIpc) is 2.72. The predicted octanol–water partition coefficient (Wildman–Crippen LogP) is 6.52. The van der Waals surface area contributed by atoms with E-state index in [0.29, 0.717) is 28.0 Å². The highest BCUT2D eigenvalue weighted by molar-refractivity contribution is 6.36. The van der Waals surface area contributed by atoms with E-state index in [4.69, 9.17) is 32.9 Å². The summed E-state index contributed by atoms with van der Waals surface area (Å²) in [5.41, 5.74) is 3.01. The maximum Gasteiger partial charge on any atom is 0.251 e. The fraction of sp³-hybridized carbons (Fsp3) is 0.333. The van der Waals surface area contributed by atoms with Crippen LogP contribution in [0.25, 0.3) is 22.4 Å². The molecule has 2 N–H and O–H groups in total. The van der Waals surface area contributed by atoms with Crippen LogP contribution in [0.2, 0.25) is 10.0 Å². The van der Waals surface area contributed by atoms with Crippen molar-refractivity contribution in [1.29, 1.82) is 0 Å². The molecular formula is C27H28Cl2N2O3. The first-order valence-corrected chi connectivity index (χ1v) is 11.9. The molecule has 3 aromatic rings. The van der Waals surface area contributed by atoms with Gasteiger partial charge in [-0.3, -0.25) is 4.79 Å². The Morgan fingerprint density at radius 3 is 2.41 bits per heavy atom. The van der Waals surface area contributed by atoms with Crippen LogP contribution in [0.4, 0.5) is 0 Å². The molecule has 1 aromatic heterocycles. The summed E-state index contributed by atoms with van der Waals surface area (Å²) in [5.74, 6) is -0.0305. The van der Waals surface area contributed by atoms with E-state index in [2.05, 4.69) is 5.32 Å². The molecule has 178 valence electrons. The van der Waals surface area contributed by atoms with Crippen molar-refractivity contribution >= 4 is 29.1 Å². The smallest absolute Gasteiger partial charge is 0.251 e. The van der Waals surface area contributed by atoms with Gasteiger partial charge in [-0.25, -0.2) is 4.98 Å². The molecule has 1 atom stereocenters.